The number of esters is 1. The molecule has 0 aromatic carbocycles. The minimum absolute atomic E-state index is 0.268. The van der Waals surface area contributed by atoms with E-state index in [1.807, 2.05) is 6.33 Å². The van der Waals surface area contributed by atoms with Gasteiger partial charge in [-0.05, 0) is 24.7 Å². The van der Waals surface area contributed by atoms with E-state index in [-0.39, 0.29) is 5.97 Å². The lowest BCUT2D eigenvalue weighted by Gasteiger charge is -2.42. The predicted octanol–water partition coefficient (Wildman–Crippen LogP) is 2.85. The van der Waals surface area contributed by atoms with Gasteiger partial charge in [-0.3, -0.25) is 0 Å². The Morgan fingerprint density at radius 1 is 1.35 bits per heavy atom. The second-order valence-corrected chi connectivity index (χ2v) is 6.12. The topological polar surface area (TPSA) is 107 Å². The SMILES string of the molecule is COC(=O)c1cncn1C1CCCC2CCCCC21.O=[N+]([O-])O. The van der Waals surface area contributed by atoms with Gasteiger partial charge in [-0.2, -0.15) is 0 Å². The van der Waals surface area contributed by atoms with E-state index in [4.69, 9.17) is 20.1 Å². The van der Waals surface area contributed by atoms with Crippen LogP contribution in [0.4, 0.5) is 0 Å². The highest BCUT2D eigenvalue weighted by molar-refractivity contribution is 5.87. The molecule has 2 fully saturated rings. The molecule has 128 valence electrons. The number of aromatic nitrogens is 2. The second kappa shape index (κ2) is 7.94. The molecule has 0 spiro atoms. The van der Waals surface area contributed by atoms with Gasteiger partial charge < -0.3 is 14.5 Å². The van der Waals surface area contributed by atoms with Crippen molar-refractivity contribution in [2.24, 2.45) is 11.8 Å². The highest BCUT2D eigenvalue weighted by atomic mass is 16.9. The number of fused-ring (bicyclic) bond motifs is 1. The van der Waals surface area contributed by atoms with Gasteiger partial charge in [0.05, 0.1) is 19.6 Å². The summed E-state index contributed by atoms with van der Waals surface area (Å²) >= 11 is 0. The van der Waals surface area contributed by atoms with Crippen LogP contribution in [0.2, 0.25) is 0 Å². The van der Waals surface area contributed by atoms with E-state index in [0.717, 1.165) is 11.8 Å². The molecule has 1 N–H and O–H groups in total. The van der Waals surface area contributed by atoms with Crippen LogP contribution in [-0.4, -0.2) is 32.9 Å². The van der Waals surface area contributed by atoms with Crippen molar-refractivity contribution >= 4 is 5.97 Å². The summed E-state index contributed by atoms with van der Waals surface area (Å²) in [4.78, 5) is 24.3. The van der Waals surface area contributed by atoms with Crippen LogP contribution in [0.3, 0.4) is 0 Å². The van der Waals surface area contributed by atoms with Gasteiger partial charge in [0.15, 0.2) is 0 Å². The summed E-state index contributed by atoms with van der Waals surface area (Å²) in [7, 11) is 1.43. The van der Waals surface area contributed by atoms with Crippen molar-refractivity contribution in [3.05, 3.63) is 28.3 Å². The lowest BCUT2D eigenvalue weighted by molar-refractivity contribution is -0.742. The number of methoxy groups -OCH3 is 1. The van der Waals surface area contributed by atoms with Gasteiger partial charge in [0.1, 0.15) is 5.69 Å². The minimum Gasteiger partial charge on any atom is -0.464 e. The Morgan fingerprint density at radius 2 is 2.00 bits per heavy atom. The van der Waals surface area contributed by atoms with Gasteiger partial charge in [0.25, 0.3) is 5.09 Å². The molecule has 1 aromatic heterocycles. The lowest BCUT2D eigenvalue weighted by Crippen LogP contribution is -2.33. The van der Waals surface area contributed by atoms with E-state index < -0.39 is 5.09 Å². The zero-order valence-corrected chi connectivity index (χ0v) is 13.3. The minimum atomic E-state index is -1.50. The maximum Gasteiger partial charge on any atom is 0.356 e. The van der Waals surface area contributed by atoms with E-state index in [9.17, 15) is 4.79 Å². The fraction of sp³-hybridized carbons (Fsp3) is 0.733. The summed E-state index contributed by atoms with van der Waals surface area (Å²) in [5.41, 5.74) is 0.610. The third-order valence-corrected chi connectivity index (χ3v) is 4.95. The van der Waals surface area contributed by atoms with Crippen LogP contribution in [0, 0.1) is 22.0 Å². The molecule has 2 saturated carbocycles. The number of imidazole rings is 1. The average Bonchev–Trinajstić information content (AvgIpc) is 3.02. The normalized spacial score (nSPS) is 26.4. The first-order valence-electron chi connectivity index (χ1n) is 7.98. The highest BCUT2D eigenvalue weighted by Crippen LogP contribution is 2.46. The summed E-state index contributed by atoms with van der Waals surface area (Å²) in [5, 5.41) is 13.6. The van der Waals surface area contributed by atoms with Crippen molar-refractivity contribution < 1.29 is 19.8 Å². The Labute approximate surface area is 134 Å². The fourth-order valence-corrected chi connectivity index (χ4v) is 4.08. The van der Waals surface area contributed by atoms with E-state index in [2.05, 4.69) is 9.55 Å². The molecular weight excluding hydrogens is 302 g/mol. The maximum atomic E-state index is 11.8. The Balaban J connectivity index is 0.000000433. The van der Waals surface area contributed by atoms with Gasteiger partial charge in [-0.15, -0.1) is 10.1 Å². The molecule has 2 aliphatic carbocycles. The van der Waals surface area contributed by atoms with E-state index >= 15 is 0 Å². The molecule has 2 aliphatic rings. The van der Waals surface area contributed by atoms with E-state index in [1.165, 1.54) is 52.1 Å². The van der Waals surface area contributed by atoms with Crippen LogP contribution in [0.5, 0.6) is 0 Å². The monoisotopic (exact) mass is 325 g/mol. The second-order valence-electron chi connectivity index (χ2n) is 6.12. The fourth-order valence-electron chi connectivity index (χ4n) is 4.08. The third kappa shape index (κ3) is 4.20. The highest BCUT2D eigenvalue weighted by Gasteiger charge is 2.36. The lowest BCUT2D eigenvalue weighted by atomic mass is 9.68. The molecule has 3 atom stereocenters. The first-order valence-corrected chi connectivity index (χ1v) is 7.98. The van der Waals surface area contributed by atoms with Crippen molar-refractivity contribution in [1.29, 1.82) is 0 Å². The smallest absolute Gasteiger partial charge is 0.356 e. The number of carbonyl (C=O) groups is 1. The molecule has 3 rings (SSSR count). The van der Waals surface area contributed by atoms with E-state index in [1.54, 1.807) is 6.20 Å². The Morgan fingerprint density at radius 3 is 2.70 bits per heavy atom. The number of nitrogens with zero attached hydrogens (tertiary/aromatic N) is 3. The summed E-state index contributed by atoms with van der Waals surface area (Å²) in [6, 6.07) is 0.440. The Hall–Kier alpha value is -2.12. The van der Waals surface area contributed by atoms with E-state index in [0.29, 0.717) is 11.7 Å². The van der Waals surface area contributed by atoms with Crippen LogP contribution < -0.4 is 0 Å². The number of ether oxygens (including phenoxy) is 1. The van der Waals surface area contributed by atoms with Gasteiger partial charge in [-0.25, -0.2) is 9.78 Å². The number of rotatable bonds is 2. The summed E-state index contributed by atoms with van der Waals surface area (Å²) in [6.07, 6.45) is 12.6. The molecule has 0 amide bonds. The molecule has 0 saturated heterocycles. The molecular formula is C15H23N3O5. The zero-order valence-electron chi connectivity index (χ0n) is 13.3. The van der Waals surface area contributed by atoms with Crippen molar-refractivity contribution in [3.63, 3.8) is 0 Å². The Kier molecular flexibility index (Phi) is 5.95. The molecule has 8 nitrogen and oxygen atoms in total. The zero-order chi connectivity index (χ0) is 16.8. The van der Waals surface area contributed by atoms with Gasteiger partial charge >= 0.3 is 5.97 Å². The molecule has 1 heterocycles. The third-order valence-electron chi connectivity index (χ3n) is 4.95. The van der Waals surface area contributed by atoms with Crippen LogP contribution >= 0.6 is 0 Å². The first-order chi connectivity index (χ1) is 11.0. The predicted molar refractivity (Wildman–Crippen MR) is 80.7 cm³/mol. The number of hydrogen-bond acceptors (Lipinski definition) is 5. The summed E-state index contributed by atoms with van der Waals surface area (Å²) < 4.78 is 6.94. The molecule has 0 radical (unpaired) electrons. The van der Waals surface area contributed by atoms with Crippen LogP contribution in [-0.2, 0) is 4.74 Å². The van der Waals surface area contributed by atoms with Gasteiger partial charge in [0.2, 0.25) is 0 Å². The standard InChI is InChI=1S/C15H22N2O2.HNO3/c1-19-15(18)14-9-16-10-17(14)13-8-4-6-11-5-2-3-7-12(11)13;2-1(3)4/h9-13H,2-8H2,1H3;(H,2,3,4). The van der Waals surface area contributed by atoms with Crippen molar-refractivity contribution in [1.82, 2.24) is 9.55 Å². The van der Waals surface area contributed by atoms with Crippen LogP contribution in [0.15, 0.2) is 12.5 Å². The van der Waals surface area contributed by atoms with Gasteiger partial charge in [-0.1, -0.05) is 32.1 Å². The molecule has 1 aromatic rings. The van der Waals surface area contributed by atoms with Gasteiger partial charge in [0, 0.05) is 6.04 Å². The Bertz CT molecular complexity index is 539. The van der Waals surface area contributed by atoms with Crippen molar-refractivity contribution in [2.75, 3.05) is 7.11 Å². The van der Waals surface area contributed by atoms with Crippen LogP contribution in [0.25, 0.3) is 0 Å². The molecule has 8 heteroatoms. The summed E-state index contributed by atoms with van der Waals surface area (Å²) in [6.45, 7) is 0. The largest absolute Gasteiger partial charge is 0.464 e. The van der Waals surface area contributed by atoms with Crippen LogP contribution in [0.1, 0.15) is 61.5 Å². The molecule has 23 heavy (non-hydrogen) atoms. The number of hydrogen-bond donors (Lipinski definition) is 1. The quantitative estimate of drug-likeness (QED) is 0.509. The van der Waals surface area contributed by atoms with Crippen molar-refractivity contribution in [3.8, 4) is 0 Å². The molecule has 0 bridgehead atoms. The first kappa shape index (κ1) is 17.2. The average molecular weight is 325 g/mol. The number of carbonyl (C=O) groups excluding carboxylic acids is 1. The maximum absolute atomic E-state index is 11.8. The molecule has 3 unspecified atom stereocenters. The molecule has 0 aliphatic heterocycles. The van der Waals surface area contributed by atoms with Crippen molar-refractivity contribution in [2.45, 2.75) is 51.0 Å². The summed E-state index contributed by atoms with van der Waals surface area (Å²) in [5.74, 6) is 1.30.